The van der Waals surface area contributed by atoms with Gasteiger partial charge >= 0.3 is 12.2 Å². The average molecular weight is 954 g/mol. The third-order valence-electron chi connectivity index (χ3n) is 11.2. The van der Waals surface area contributed by atoms with E-state index in [1.54, 1.807) is 44.3 Å². The van der Waals surface area contributed by atoms with Gasteiger partial charge in [-0.3, -0.25) is 20.3 Å². The van der Waals surface area contributed by atoms with Crippen LogP contribution in [-0.2, 0) is 43.9 Å². The third kappa shape index (κ3) is 12.7. The fraction of sp³-hybridized carbons (Fsp3) is 0.362. The number of sulfonamides is 1. The number of alkyl carbamates (subject to hydrolysis) is 1. The number of carbonyl (C=O) groups excluding carboxylic acids is 3. The quantitative estimate of drug-likeness (QED) is 0.0108. The molecular formula is C47H55N9O11S. The van der Waals surface area contributed by atoms with Gasteiger partial charge in [0.2, 0.25) is 11.9 Å². The molecule has 1 aliphatic heterocycles. The molecule has 20 nitrogen and oxygen atoms in total. The molecule has 1 aromatic heterocycles. The summed E-state index contributed by atoms with van der Waals surface area (Å²) in [6, 6.07) is 19.0. The minimum atomic E-state index is -4.18. The Morgan fingerprint density at radius 2 is 1.59 bits per heavy atom. The minimum absolute atomic E-state index is 0.0606. The summed E-state index contributed by atoms with van der Waals surface area (Å²) in [6.45, 7) is 12.9. The molecule has 1 aliphatic rings. The van der Waals surface area contributed by atoms with Gasteiger partial charge in [0.05, 0.1) is 22.1 Å². The average Bonchev–Trinajstić information content (AvgIpc) is 3.90. The highest BCUT2D eigenvalue weighted by atomic mass is 32.2. The molecule has 4 aromatic carbocycles. The number of nitro groups is 1. The van der Waals surface area contributed by atoms with Crippen LogP contribution in [-0.4, -0.2) is 64.6 Å². The molecule has 0 radical (unpaired) electrons. The van der Waals surface area contributed by atoms with Crippen molar-refractivity contribution in [2.75, 3.05) is 11.9 Å². The SMILES string of the molecule is Cc1c(C)c(S(=O)(=O)NC(=N)NCCC[C@@H](C(=O)Nc2ccc(COC(=O)Oc3ccc([N+](=O)[O-])cc3)cc2)n2cc([C@@H](NC(=O)OCc3ccccc3)C(C)C)nn2)c(C)c2c1OC(C)(C)C2. The fourth-order valence-electron chi connectivity index (χ4n) is 7.63. The van der Waals surface area contributed by atoms with Gasteiger partial charge in [-0.2, -0.15) is 0 Å². The predicted molar refractivity (Wildman–Crippen MR) is 250 cm³/mol. The number of non-ortho nitro benzene ring substituents is 1. The van der Waals surface area contributed by atoms with Crippen LogP contribution in [0.1, 0.15) is 91.7 Å². The van der Waals surface area contributed by atoms with E-state index >= 15 is 0 Å². The maximum atomic E-state index is 14.1. The number of benzene rings is 4. The van der Waals surface area contributed by atoms with Crippen LogP contribution in [0.5, 0.6) is 11.5 Å². The fourth-order valence-corrected chi connectivity index (χ4v) is 9.16. The van der Waals surface area contributed by atoms with Gasteiger partial charge in [-0.1, -0.05) is 61.5 Å². The summed E-state index contributed by atoms with van der Waals surface area (Å²) in [5.41, 5.74) is 4.15. The van der Waals surface area contributed by atoms with Crippen LogP contribution in [0.25, 0.3) is 0 Å². The summed E-state index contributed by atoms with van der Waals surface area (Å²) >= 11 is 0. The number of hydrogen-bond acceptors (Lipinski definition) is 14. The van der Waals surface area contributed by atoms with Crippen LogP contribution < -0.4 is 30.1 Å². The van der Waals surface area contributed by atoms with Crippen LogP contribution in [0.3, 0.4) is 0 Å². The molecule has 2 atom stereocenters. The van der Waals surface area contributed by atoms with Crippen molar-refractivity contribution in [3.05, 3.63) is 134 Å². The first kappa shape index (κ1) is 49.9. The standard InChI is InChI=1S/C47H55N9O11S/c1-28(2)40(51-45(58)64-26-32-12-9-8-10-13-32)38-25-55(54-52-38)39(43(57)50-34-17-15-33(16-18-34)27-65-46(59)66-36-21-19-35(20-22-36)56(60)61)14-11-23-49-44(48)53-68(62,63)42-30(4)29(3)41-37(31(42)5)24-47(6,7)67-41/h8-10,12-13,15-22,25,28,39-40H,11,14,23-24,26-27H2,1-7H3,(H,50,57)(H,51,58)(H3,48,49,53)/t39-,40-/m0/s1. The number of aromatic nitrogens is 3. The molecule has 5 N–H and O–H groups in total. The first-order valence-corrected chi connectivity index (χ1v) is 23.2. The Hall–Kier alpha value is -7.55. The summed E-state index contributed by atoms with van der Waals surface area (Å²) in [4.78, 5) is 49.7. The molecular weight excluding hydrogens is 899 g/mol. The van der Waals surface area contributed by atoms with Crippen molar-refractivity contribution in [3.8, 4) is 11.5 Å². The van der Waals surface area contributed by atoms with Crippen molar-refractivity contribution in [3.63, 3.8) is 0 Å². The molecule has 6 rings (SSSR count). The predicted octanol–water partition coefficient (Wildman–Crippen LogP) is 7.63. The second-order valence-electron chi connectivity index (χ2n) is 17.2. The lowest BCUT2D eigenvalue weighted by Gasteiger charge is -2.20. The summed E-state index contributed by atoms with van der Waals surface area (Å²) < 4.78 is 53.1. The molecule has 0 unspecified atom stereocenters. The number of ether oxygens (including phenoxy) is 4. The van der Waals surface area contributed by atoms with E-state index in [1.807, 2.05) is 65.0 Å². The number of anilines is 1. The van der Waals surface area contributed by atoms with Crippen LogP contribution >= 0.6 is 0 Å². The van der Waals surface area contributed by atoms with Gasteiger partial charge < -0.3 is 34.9 Å². The maximum Gasteiger partial charge on any atom is 0.514 e. The number of rotatable bonds is 18. The van der Waals surface area contributed by atoms with Gasteiger partial charge in [0.25, 0.3) is 15.7 Å². The van der Waals surface area contributed by atoms with Crippen LogP contribution in [0.15, 0.2) is 90.0 Å². The highest BCUT2D eigenvalue weighted by molar-refractivity contribution is 7.90. The monoisotopic (exact) mass is 953 g/mol. The Bertz CT molecular complexity index is 2760. The van der Waals surface area contributed by atoms with Crippen LogP contribution in [0.4, 0.5) is 21.0 Å². The zero-order valence-electron chi connectivity index (χ0n) is 38.7. The maximum absolute atomic E-state index is 14.1. The zero-order chi connectivity index (χ0) is 49.3. The lowest BCUT2D eigenvalue weighted by molar-refractivity contribution is -0.384. The van der Waals surface area contributed by atoms with Gasteiger partial charge in [0.1, 0.15) is 42.0 Å². The number of hydrogen-bond donors (Lipinski definition) is 5. The van der Waals surface area contributed by atoms with Gasteiger partial charge in [0, 0.05) is 36.3 Å². The molecule has 2 heterocycles. The van der Waals surface area contributed by atoms with E-state index in [9.17, 15) is 32.9 Å². The van der Waals surface area contributed by atoms with Gasteiger partial charge in [0.15, 0.2) is 0 Å². The van der Waals surface area contributed by atoms with Crippen molar-refractivity contribution >= 4 is 45.5 Å². The topological polar surface area (TPSA) is 268 Å². The van der Waals surface area contributed by atoms with Crippen molar-refractivity contribution in [2.24, 2.45) is 5.92 Å². The molecule has 0 spiro atoms. The van der Waals surface area contributed by atoms with Crippen molar-refractivity contribution < 1.29 is 46.7 Å². The minimum Gasteiger partial charge on any atom is -0.487 e. The molecule has 0 fully saturated rings. The molecule has 2 amide bonds. The third-order valence-corrected chi connectivity index (χ3v) is 12.8. The van der Waals surface area contributed by atoms with E-state index in [-0.39, 0.29) is 54.9 Å². The van der Waals surface area contributed by atoms with Crippen molar-refractivity contribution in [2.45, 2.75) is 104 Å². The number of nitro benzene ring substituents is 1. The normalized spacial score (nSPS) is 13.6. The summed E-state index contributed by atoms with van der Waals surface area (Å²) in [7, 11) is -4.18. The van der Waals surface area contributed by atoms with Gasteiger partial charge in [-0.05, 0) is 105 Å². The molecule has 21 heteroatoms. The largest absolute Gasteiger partial charge is 0.514 e. The molecule has 360 valence electrons. The molecule has 0 aliphatic carbocycles. The second-order valence-corrected chi connectivity index (χ2v) is 18.9. The summed E-state index contributed by atoms with van der Waals surface area (Å²) in [5.74, 6) is -0.325. The van der Waals surface area contributed by atoms with E-state index in [2.05, 4.69) is 31.0 Å². The van der Waals surface area contributed by atoms with Crippen molar-refractivity contribution in [1.29, 1.82) is 5.41 Å². The molecule has 68 heavy (non-hydrogen) atoms. The first-order chi connectivity index (χ1) is 32.2. The van der Waals surface area contributed by atoms with E-state index < -0.39 is 56.7 Å². The Kier molecular flexibility index (Phi) is 15.7. The molecule has 0 bridgehead atoms. The van der Waals surface area contributed by atoms with E-state index in [0.29, 0.717) is 40.2 Å². The van der Waals surface area contributed by atoms with E-state index in [1.165, 1.54) is 28.9 Å². The number of guanidine groups is 1. The van der Waals surface area contributed by atoms with Gasteiger partial charge in [-0.15, -0.1) is 5.10 Å². The van der Waals surface area contributed by atoms with E-state index in [4.69, 9.17) is 24.4 Å². The second kappa shape index (κ2) is 21.4. The number of nitrogens with zero attached hydrogens (tertiary/aromatic N) is 4. The number of carbonyl (C=O) groups is 3. The lowest BCUT2D eigenvalue weighted by atomic mass is 9.94. The van der Waals surface area contributed by atoms with E-state index in [0.717, 1.165) is 16.7 Å². The number of fused-ring (bicyclic) bond motifs is 1. The number of nitrogens with one attached hydrogen (secondary N) is 5. The smallest absolute Gasteiger partial charge is 0.487 e. The highest BCUT2D eigenvalue weighted by Gasteiger charge is 2.37. The summed E-state index contributed by atoms with van der Waals surface area (Å²) in [5, 5.41) is 36.6. The van der Waals surface area contributed by atoms with Crippen LogP contribution in [0.2, 0.25) is 0 Å². The molecule has 0 saturated heterocycles. The molecule has 0 saturated carbocycles. The number of amides is 2. The Balaban J connectivity index is 1.11. The molecule has 5 aromatic rings. The highest BCUT2D eigenvalue weighted by Crippen LogP contribution is 2.43. The van der Waals surface area contributed by atoms with Gasteiger partial charge in [-0.25, -0.2) is 27.4 Å². The van der Waals surface area contributed by atoms with Crippen molar-refractivity contribution in [1.82, 2.24) is 30.3 Å². The lowest BCUT2D eigenvalue weighted by Crippen LogP contribution is -2.41. The zero-order valence-corrected chi connectivity index (χ0v) is 39.6. The summed E-state index contributed by atoms with van der Waals surface area (Å²) in [6.07, 6.45) is 0.850. The Morgan fingerprint density at radius 1 is 0.926 bits per heavy atom. The Morgan fingerprint density at radius 3 is 2.25 bits per heavy atom. The Labute approximate surface area is 393 Å². The first-order valence-electron chi connectivity index (χ1n) is 21.8. The van der Waals surface area contributed by atoms with Crippen LogP contribution in [0, 0.1) is 42.2 Å².